The molecular weight excluding hydrogens is 469 g/mol. The van der Waals surface area contributed by atoms with Crippen LogP contribution >= 0.6 is 0 Å². The highest BCUT2D eigenvalue weighted by molar-refractivity contribution is 5.87. The van der Waals surface area contributed by atoms with E-state index >= 15 is 0 Å². The number of rotatable bonds is 13. The summed E-state index contributed by atoms with van der Waals surface area (Å²) in [7, 11) is 0. The lowest BCUT2D eigenvalue weighted by atomic mass is 9.88. The van der Waals surface area contributed by atoms with Crippen molar-refractivity contribution in [2.45, 2.75) is 78.0 Å². The van der Waals surface area contributed by atoms with Gasteiger partial charge in [0.25, 0.3) is 0 Å². The minimum Gasteiger partial charge on any atom is -0.463 e. The SMILES string of the molecule is CCOC(=O)C=Cc1cc(C)c(F)cc1[C@@H](CC)OC[C@H](O)CNC(C)(C)CC1Cc2ccccc2C1. The molecule has 1 aliphatic carbocycles. The van der Waals surface area contributed by atoms with Gasteiger partial charge in [-0.2, -0.15) is 0 Å². The first kappa shape index (κ1) is 29.0. The number of fused-ring (bicyclic) bond motifs is 1. The van der Waals surface area contributed by atoms with Crippen LogP contribution in [0.5, 0.6) is 0 Å². The number of aliphatic hydroxyl groups is 1. The van der Waals surface area contributed by atoms with Gasteiger partial charge in [0.15, 0.2) is 0 Å². The molecule has 0 aromatic heterocycles. The Hall–Kier alpha value is -2.54. The lowest BCUT2D eigenvalue weighted by Crippen LogP contribution is -2.45. The van der Waals surface area contributed by atoms with Gasteiger partial charge in [-0.3, -0.25) is 0 Å². The fraction of sp³-hybridized carbons (Fsp3) is 0.516. The molecule has 1 aliphatic rings. The lowest BCUT2D eigenvalue weighted by molar-refractivity contribution is -0.137. The highest BCUT2D eigenvalue weighted by Gasteiger charge is 2.28. The Labute approximate surface area is 221 Å². The molecule has 202 valence electrons. The maximum atomic E-state index is 14.4. The summed E-state index contributed by atoms with van der Waals surface area (Å²) in [5.74, 6) is -0.186. The van der Waals surface area contributed by atoms with E-state index in [1.807, 2.05) is 6.92 Å². The smallest absolute Gasteiger partial charge is 0.330 e. The molecule has 6 heteroatoms. The van der Waals surface area contributed by atoms with Crippen molar-refractivity contribution in [3.8, 4) is 0 Å². The second-order valence-corrected chi connectivity index (χ2v) is 10.7. The number of aryl methyl sites for hydroxylation is 1. The maximum absolute atomic E-state index is 14.4. The standard InChI is InChI=1S/C31H42FNO4/c1-6-29(27-17-28(32)21(3)14-25(27)12-13-30(35)36-7-2)37-20-26(34)19-33-31(4,5)18-22-15-23-10-8-9-11-24(23)16-22/h8-14,17,22,26,29,33-34H,6-7,15-16,18-20H2,1-5H3/t26-,29-/m1/s1. The Morgan fingerprint density at radius 2 is 1.89 bits per heavy atom. The van der Waals surface area contributed by atoms with E-state index in [1.54, 1.807) is 26.0 Å². The van der Waals surface area contributed by atoms with Gasteiger partial charge >= 0.3 is 5.97 Å². The number of hydrogen-bond acceptors (Lipinski definition) is 5. The third-order valence-corrected chi connectivity index (χ3v) is 7.01. The van der Waals surface area contributed by atoms with E-state index in [2.05, 4.69) is 43.4 Å². The molecule has 0 aliphatic heterocycles. The third kappa shape index (κ3) is 8.49. The molecule has 5 nitrogen and oxygen atoms in total. The van der Waals surface area contributed by atoms with Crippen molar-refractivity contribution < 1.29 is 23.8 Å². The van der Waals surface area contributed by atoms with Crippen LogP contribution in [0.2, 0.25) is 0 Å². The van der Waals surface area contributed by atoms with E-state index in [0.717, 1.165) is 19.3 Å². The number of esters is 1. The van der Waals surface area contributed by atoms with Gasteiger partial charge in [-0.05, 0) is 105 Å². The molecule has 0 amide bonds. The lowest BCUT2D eigenvalue weighted by Gasteiger charge is -2.31. The minimum absolute atomic E-state index is 0.118. The van der Waals surface area contributed by atoms with Gasteiger partial charge in [0.1, 0.15) is 5.82 Å². The van der Waals surface area contributed by atoms with E-state index in [-0.39, 0.29) is 24.6 Å². The van der Waals surface area contributed by atoms with Crippen LogP contribution in [-0.4, -0.2) is 42.5 Å². The van der Waals surface area contributed by atoms with Gasteiger partial charge in [-0.15, -0.1) is 0 Å². The summed E-state index contributed by atoms with van der Waals surface area (Å²) in [6.45, 7) is 10.5. The Kier molecular flexibility index (Phi) is 10.4. The Balaban J connectivity index is 1.55. The summed E-state index contributed by atoms with van der Waals surface area (Å²) in [6, 6.07) is 11.8. The molecule has 0 spiro atoms. The molecule has 3 rings (SSSR count). The van der Waals surface area contributed by atoms with Gasteiger partial charge in [-0.25, -0.2) is 9.18 Å². The number of ether oxygens (including phenoxy) is 2. The van der Waals surface area contributed by atoms with Crippen LogP contribution in [0.25, 0.3) is 6.08 Å². The number of carbonyl (C=O) groups is 1. The van der Waals surface area contributed by atoms with Gasteiger partial charge < -0.3 is 19.9 Å². The molecule has 2 aromatic carbocycles. The molecule has 0 saturated heterocycles. The van der Waals surface area contributed by atoms with Crippen LogP contribution < -0.4 is 5.32 Å². The van der Waals surface area contributed by atoms with Crippen molar-refractivity contribution in [3.05, 3.63) is 76.1 Å². The van der Waals surface area contributed by atoms with E-state index in [0.29, 0.717) is 35.6 Å². The second-order valence-electron chi connectivity index (χ2n) is 10.7. The van der Waals surface area contributed by atoms with E-state index < -0.39 is 18.2 Å². The van der Waals surface area contributed by atoms with Crippen molar-refractivity contribution >= 4 is 12.0 Å². The van der Waals surface area contributed by atoms with Gasteiger partial charge in [0.2, 0.25) is 0 Å². The average Bonchev–Trinajstić information content (AvgIpc) is 3.26. The fourth-order valence-electron chi connectivity index (χ4n) is 5.19. The van der Waals surface area contributed by atoms with Crippen LogP contribution in [0.3, 0.4) is 0 Å². The molecule has 2 aromatic rings. The van der Waals surface area contributed by atoms with Crippen LogP contribution in [0.4, 0.5) is 4.39 Å². The molecule has 2 atom stereocenters. The Bertz CT molecular complexity index is 1060. The number of benzene rings is 2. The topological polar surface area (TPSA) is 67.8 Å². The number of β-amino-alcohol motifs (C(OH)–C–C–N with tert-alkyl or cyclic N) is 1. The average molecular weight is 512 g/mol. The molecule has 0 heterocycles. The number of carbonyl (C=O) groups excluding carboxylic acids is 1. The van der Waals surface area contributed by atoms with Crippen molar-refractivity contribution in [1.29, 1.82) is 0 Å². The van der Waals surface area contributed by atoms with E-state index in [9.17, 15) is 14.3 Å². The zero-order valence-corrected chi connectivity index (χ0v) is 22.9. The predicted molar refractivity (Wildman–Crippen MR) is 146 cm³/mol. The molecule has 0 saturated carbocycles. The summed E-state index contributed by atoms with van der Waals surface area (Å²) in [5.41, 5.74) is 4.61. The largest absolute Gasteiger partial charge is 0.463 e. The second kappa shape index (κ2) is 13.3. The van der Waals surface area contributed by atoms with Crippen molar-refractivity contribution in [1.82, 2.24) is 5.32 Å². The van der Waals surface area contributed by atoms with Crippen molar-refractivity contribution in [3.63, 3.8) is 0 Å². The Morgan fingerprint density at radius 3 is 2.51 bits per heavy atom. The molecule has 37 heavy (non-hydrogen) atoms. The highest BCUT2D eigenvalue weighted by atomic mass is 19.1. The molecule has 0 unspecified atom stereocenters. The zero-order chi connectivity index (χ0) is 27.0. The van der Waals surface area contributed by atoms with Gasteiger partial charge in [-0.1, -0.05) is 31.2 Å². The first-order chi connectivity index (χ1) is 17.6. The van der Waals surface area contributed by atoms with Crippen molar-refractivity contribution in [2.24, 2.45) is 5.92 Å². The number of halogens is 1. The van der Waals surface area contributed by atoms with Gasteiger partial charge in [0.05, 0.1) is 25.4 Å². The number of aliphatic hydroxyl groups excluding tert-OH is 1. The maximum Gasteiger partial charge on any atom is 0.330 e. The Morgan fingerprint density at radius 1 is 1.22 bits per heavy atom. The molecule has 2 N–H and O–H groups in total. The van der Waals surface area contributed by atoms with Crippen LogP contribution in [0, 0.1) is 18.7 Å². The molecule has 0 radical (unpaired) electrons. The number of hydrogen-bond donors (Lipinski definition) is 2. The van der Waals surface area contributed by atoms with Crippen molar-refractivity contribution in [2.75, 3.05) is 19.8 Å². The van der Waals surface area contributed by atoms with E-state index in [1.165, 1.54) is 23.3 Å². The van der Waals surface area contributed by atoms with Crippen LogP contribution in [-0.2, 0) is 27.1 Å². The first-order valence-electron chi connectivity index (χ1n) is 13.4. The molecular formula is C31H42FNO4. The third-order valence-electron chi connectivity index (χ3n) is 7.01. The number of nitrogens with one attached hydrogen (secondary N) is 1. The fourth-order valence-corrected chi connectivity index (χ4v) is 5.19. The monoisotopic (exact) mass is 511 g/mol. The molecule has 0 fully saturated rings. The van der Waals surface area contributed by atoms with Crippen LogP contribution in [0.15, 0.2) is 42.5 Å². The van der Waals surface area contributed by atoms with Crippen LogP contribution in [0.1, 0.15) is 74.5 Å². The predicted octanol–water partition coefficient (Wildman–Crippen LogP) is 5.71. The first-order valence-corrected chi connectivity index (χ1v) is 13.4. The summed E-state index contributed by atoms with van der Waals surface area (Å²) in [6.07, 6.45) is 5.67. The highest BCUT2D eigenvalue weighted by Crippen LogP contribution is 2.32. The molecule has 0 bridgehead atoms. The summed E-state index contributed by atoms with van der Waals surface area (Å²) in [5, 5.41) is 14.2. The normalized spacial score (nSPS) is 15.6. The summed E-state index contributed by atoms with van der Waals surface area (Å²) in [4.78, 5) is 11.8. The summed E-state index contributed by atoms with van der Waals surface area (Å²) < 4.78 is 25.5. The minimum atomic E-state index is -0.706. The zero-order valence-electron chi connectivity index (χ0n) is 22.9. The van der Waals surface area contributed by atoms with E-state index in [4.69, 9.17) is 9.47 Å². The summed E-state index contributed by atoms with van der Waals surface area (Å²) >= 11 is 0. The van der Waals surface area contributed by atoms with Gasteiger partial charge in [0, 0.05) is 18.2 Å². The quantitative estimate of drug-likeness (QED) is 0.266.